The van der Waals surface area contributed by atoms with Crippen molar-refractivity contribution >= 4 is 26.7 Å². The molecule has 0 unspecified atom stereocenters. The van der Waals surface area contributed by atoms with Gasteiger partial charge in [0.2, 0.25) is 0 Å². The van der Waals surface area contributed by atoms with Crippen molar-refractivity contribution in [3.05, 3.63) is 35.9 Å². The van der Waals surface area contributed by atoms with Crippen LogP contribution in [0.5, 0.6) is 11.5 Å². The van der Waals surface area contributed by atoms with Crippen molar-refractivity contribution in [1.82, 2.24) is 0 Å². The summed E-state index contributed by atoms with van der Waals surface area (Å²) >= 11 is 3.48. The third-order valence-corrected chi connectivity index (χ3v) is 4.80. The van der Waals surface area contributed by atoms with Crippen LogP contribution < -0.4 is 9.47 Å². The van der Waals surface area contributed by atoms with Gasteiger partial charge < -0.3 is 9.47 Å². The Morgan fingerprint density at radius 2 is 1.52 bits per heavy atom. The van der Waals surface area contributed by atoms with Crippen LogP contribution in [0, 0.1) is 6.92 Å². The molecule has 0 aliphatic carbocycles. The maximum atomic E-state index is 6.10. The van der Waals surface area contributed by atoms with Gasteiger partial charge in [-0.3, -0.25) is 0 Å². The molecule has 0 saturated carbocycles. The molecule has 2 aromatic rings. The highest BCUT2D eigenvalue weighted by molar-refractivity contribution is 9.09. The predicted molar refractivity (Wildman–Crippen MR) is 111 cm³/mol. The van der Waals surface area contributed by atoms with E-state index in [1.165, 1.54) is 37.7 Å². The number of alkyl halides is 1. The molecule has 0 radical (unpaired) electrons. The second-order valence-electron chi connectivity index (χ2n) is 6.94. The summed E-state index contributed by atoms with van der Waals surface area (Å²) in [6, 6.07) is 10.5. The lowest BCUT2D eigenvalue weighted by Gasteiger charge is -2.16. The molecule has 0 fully saturated rings. The van der Waals surface area contributed by atoms with Gasteiger partial charge in [0, 0.05) is 16.1 Å². The van der Waals surface area contributed by atoms with Gasteiger partial charge in [0.05, 0.1) is 12.7 Å². The zero-order chi connectivity index (χ0) is 18.1. The highest BCUT2D eigenvalue weighted by Gasteiger charge is 2.09. The first-order valence-electron chi connectivity index (χ1n) is 9.50. The van der Waals surface area contributed by atoms with Gasteiger partial charge in [-0.05, 0) is 51.8 Å². The van der Waals surface area contributed by atoms with Crippen LogP contribution in [-0.4, -0.2) is 18.0 Å². The Balaban J connectivity index is 1.95. The third kappa shape index (κ3) is 6.54. The number of benzene rings is 2. The second-order valence-corrected chi connectivity index (χ2v) is 7.73. The summed E-state index contributed by atoms with van der Waals surface area (Å²) in [7, 11) is 0. The average Bonchev–Trinajstić information content (AvgIpc) is 2.58. The van der Waals surface area contributed by atoms with Crippen molar-refractivity contribution in [2.75, 3.05) is 11.9 Å². The minimum absolute atomic E-state index is 0.167. The minimum atomic E-state index is 0.167. The largest absolute Gasteiger partial charge is 0.493 e. The number of fused-ring (bicyclic) bond motifs is 1. The van der Waals surface area contributed by atoms with Crippen LogP contribution >= 0.6 is 15.9 Å². The Labute approximate surface area is 161 Å². The van der Waals surface area contributed by atoms with E-state index in [4.69, 9.17) is 9.47 Å². The summed E-state index contributed by atoms with van der Waals surface area (Å²) in [5.41, 5.74) is 1.24. The van der Waals surface area contributed by atoms with Gasteiger partial charge in [-0.15, -0.1) is 0 Å². The molecule has 3 heteroatoms. The van der Waals surface area contributed by atoms with Crippen LogP contribution in [-0.2, 0) is 0 Å². The summed E-state index contributed by atoms with van der Waals surface area (Å²) in [6.45, 7) is 7.02. The van der Waals surface area contributed by atoms with E-state index in [-0.39, 0.29) is 6.10 Å². The van der Waals surface area contributed by atoms with Crippen LogP contribution in [0.25, 0.3) is 10.8 Å². The lowest BCUT2D eigenvalue weighted by Crippen LogP contribution is -2.06. The molecule has 2 aromatic carbocycles. The van der Waals surface area contributed by atoms with Gasteiger partial charge in [0.15, 0.2) is 0 Å². The smallest absolute Gasteiger partial charge is 0.127 e. The fourth-order valence-corrected chi connectivity index (χ4v) is 3.37. The molecule has 0 atom stereocenters. The second kappa shape index (κ2) is 10.7. The summed E-state index contributed by atoms with van der Waals surface area (Å²) in [4.78, 5) is 0. The Kier molecular flexibility index (Phi) is 8.60. The van der Waals surface area contributed by atoms with Crippen LogP contribution in [0.3, 0.4) is 0 Å². The Bertz CT molecular complexity index is 652. The summed E-state index contributed by atoms with van der Waals surface area (Å²) in [6.07, 6.45) is 7.77. The normalized spacial score (nSPS) is 11.2. The van der Waals surface area contributed by atoms with Crippen molar-refractivity contribution in [3.8, 4) is 11.5 Å². The molecule has 0 spiro atoms. The molecule has 0 bridgehead atoms. The molecule has 2 rings (SSSR count). The van der Waals surface area contributed by atoms with E-state index in [9.17, 15) is 0 Å². The van der Waals surface area contributed by atoms with Crippen molar-refractivity contribution in [1.29, 1.82) is 0 Å². The molecule has 2 nitrogen and oxygen atoms in total. The maximum absolute atomic E-state index is 6.10. The fraction of sp³-hybridized carbons (Fsp3) is 0.545. The molecular formula is C22H31BrO2. The number of halogens is 1. The van der Waals surface area contributed by atoms with Gasteiger partial charge in [-0.1, -0.05) is 59.3 Å². The van der Waals surface area contributed by atoms with Crippen LogP contribution in [0.15, 0.2) is 30.3 Å². The molecule has 0 N–H and O–H groups in total. The number of ether oxygens (including phenoxy) is 2. The molecule has 0 heterocycles. The first kappa shape index (κ1) is 20.1. The zero-order valence-corrected chi connectivity index (χ0v) is 17.4. The van der Waals surface area contributed by atoms with E-state index < -0.39 is 0 Å². The Morgan fingerprint density at radius 1 is 0.840 bits per heavy atom. The number of hydrogen-bond acceptors (Lipinski definition) is 2. The van der Waals surface area contributed by atoms with Crippen LogP contribution in [0.4, 0.5) is 0 Å². The number of aryl methyl sites for hydroxylation is 1. The summed E-state index contributed by atoms with van der Waals surface area (Å²) in [5, 5.41) is 3.40. The molecule has 25 heavy (non-hydrogen) atoms. The third-order valence-electron chi connectivity index (χ3n) is 4.24. The van der Waals surface area contributed by atoms with Crippen LogP contribution in [0.2, 0.25) is 0 Å². The van der Waals surface area contributed by atoms with E-state index in [1.807, 2.05) is 6.07 Å². The highest BCUT2D eigenvalue weighted by atomic mass is 79.9. The number of rotatable bonds is 11. The van der Waals surface area contributed by atoms with E-state index in [2.05, 4.69) is 61.0 Å². The molecule has 0 aliphatic heterocycles. The minimum Gasteiger partial charge on any atom is -0.493 e. The first-order valence-corrected chi connectivity index (χ1v) is 10.6. The molecule has 0 saturated heterocycles. The first-order chi connectivity index (χ1) is 12.1. The van der Waals surface area contributed by atoms with Crippen molar-refractivity contribution in [2.45, 2.75) is 65.4 Å². The van der Waals surface area contributed by atoms with Gasteiger partial charge in [0.1, 0.15) is 11.5 Å². The maximum Gasteiger partial charge on any atom is 0.127 e. The number of unbranched alkanes of at least 4 members (excludes halogenated alkanes) is 5. The van der Waals surface area contributed by atoms with E-state index in [0.717, 1.165) is 40.6 Å². The van der Waals surface area contributed by atoms with Gasteiger partial charge >= 0.3 is 0 Å². The monoisotopic (exact) mass is 406 g/mol. The fourth-order valence-electron chi connectivity index (χ4n) is 2.98. The Morgan fingerprint density at radius 3 is 2.24 bits per heavy atom. The molecule has 0 aliphatic rings. The zero-order valence-electron chi connectivity index (χ0n) is 15.8. The molecule has 0 aromatic heterocycles. The quantitative estimate of drug-likeness (QED) is 0.294. The van der Waals surface area contributed by atoms with Crippen molar-refractivity contribution in [2.24, 2.45) is 0 Å². The van der Waals surface area contributed by atoms with Crippen LogP contribution in [0.1, 0.15) is 57.9 Å². The molecule has 0 amide bonds. The Hall–Kier alpha value is -1.22. The topological polar surface area (TPSA) is 18.5 Å². The summed E-state index contributed by atoms with van der Waals surface area (Å²) in [5.74, 6) is 1.90. The van der Waals surface area contributed by atoms with E-state index in [1.54, 1.807) is 0 Å². The predicted octanol–water partition coefficient (Wildman–Crippen LogP) is 7.05. The molecular weight excluding hydrogens is 376 g/mol. The van der Waals surface area contributed by atoms with Crippen molar-refractivity contribution in [3.63, 3.8) is 0 Å². The van der Waals surface area contributed by atoms with Gasteiger partial charge in [-0.25, -0.2) is 0 Å². The standard InChI is InChI=1S/C22H31BrO2/c1-17(2)25-22-13-12-21(20-16-18(3)10-11-19(20)22)24-15-9-7-5-4-6-8-14-23/h10-13,16-17H,4-9,14-15H2,1-3H3. The average molecular weight is 407 g/mol. The van der Waals surface area contributed by atoms with E-state index >= 15 is 0 Å². The SMILES string of the molecule is Cc1ccc2c(OC(C)C)ccc(OCCCCCCCCBr)c2c1. The highest BCUT2D eigenvalue weighted by Crippen LogP contribution is 2.34. The van der Waals surface area contributed by atoms with Gasteiger partial charge in [0.25, 0.3) is 0 Å². The lowest BCUT2D eigenvalue weighted by atomic mass is 10.1. The molecule has 138 valence electrons. The van der Waals surface area contributed by atoms with Gasteiger partial charge in [-0.2, -0.15) is 0 Å². The lowest BCUT2D eigenvalue weighted by molar-refractivity contribution is 0.245. The number of hydrogen-bond donors (Lipinski definition) is 0. The van der Waals surface area contributed by atoms with E-state index in [0.29, 0.717) is 0 Å². The summed E-state index contributed by atoms with van der Waals surface area (Å²) < 4.78 is 12.1. The van der Waals surface area contributed by atoms with Crippen molar-refractivity contribution < 1.29 is 9.47 Å².